The lowest BCUT2D eigenvalue weighted by atomic mass is 10.0. The second-order valence-electron chi connectivity index (χ2n) is 7.64. The third-order valence-electron chi connectivity index (χ3n) is 5.21. The third kappa shape index (κ3) is 10.0. The van der Waals surface area contributed by atoms with E-state index < -0.39 is 0 Å². The Kier molecular flexibility index (Phi) is 13.2. The molecule has 6 nitrogen and oxygen atoms in total. The molecule has 166 valence electrons. The first-order chi connectivity index (χ1) is 14.3. The van der Waals surface area contributed by atoms with Crippen LogP contribution < -0.4 is 11.5 Å². The number of ether oxygens (including phenoxy) is 4. The summed E-state index contributed by atoms with van der Waals surface area (Å²) in [6.07, 6.45) is 7.02. The standard InChI is InChI=1S/C23H40N2O4/c24-13-6-2-8-15-26-19-22-23(29-18-20-10-4-1-5-11-20)21(12-17-28-22)27-16-9-3-7-14-25/h1,4-5,10-11,21-23H,2-3,6-9,12-19,24-25H2/t21-,22-,23+/m1/s1. The van der Waals surface area contributed by atoms with Crippen molar-refractivity contribution in [1.82, 2.24) is 0 Å². The van der Waals surface area contributed by atoms with Gasteiger partial charge in [-0.05, 0) is 63.6 Å². The summed E-state index contributed by atoms with van der Waals surface area (Å²) in [6.45, 7) is 4.72. The van der Waals surface area contributed by atoms with E-state index in [1.807, 2.05) is 18.2 Å². The molecule has 6 heteroatoms. The molecule has 4 N–H and O–H groups in total. The van der Waals surface area contributed by atoms with Gasteiger partial charge in [-0.15, -0.1) is 0 Å². The van der Waals surface area contributed by atoms with Gasteiger partial charge >= 0.3 is 0 Å². The smallest absolute Gasteiger partial charge is 0.113 e. The minimum absolute atomic E-state index is 0.0381. The van der Waals surface area contributed by atoms with E-state index in [0.29, 0.717) is 19.8 Å². The van der Waals surface area contributed by atoms with Gasteiger partial charge in [-0.25, -0.2) is 0 Å². The number of nitrogens with two attached hydrogens (primary N) is 2. The Hall–Kier alpha value is -1.02. The number of hydrogen-bond donors (Lipinski definition) is 2. The molecule has 29 heavy (non-hydrogen) atoms. The Morgan fingerprint density at radius 2 is 1.59 bits per heavy atom. The molecule has 1 fully saturated rings. The van der Waals surface area contributed by atoms with Crippen LogP contribution >= 0.6 is 0 Å². The Balaban J connectivity index is 1.84. The summed E-state index contributed by atoms with van der Waals surface area (Å²) in [7, 11) is 0. The highest BCUT2D eigenvalue weighted by Gasteiger charge is 2.36. The van der Waals surface area contributed by atoms with Crippen LogP contribution in [-0.4, -0.2) is 57.8 Å². The van der Waals surface area contributed by atoms with Gasteiger partial charge in [0.2, 0.25) is 0 Å². The van der Waals surface area contributed by atoms with E-state index in [-0.39, 0.29) is 18.3 Å². The van der Waals surface area contributed by atoms with E-state index in [9.17, 15) is 0 Å². The summed E-state index contributed by atoms with van der Waals surface area (Å²) in [5.41, 5.74) is 12.3. The molecule has 0 unspecified atom stereocenters. The van der Waals surface area contributed by atoms with Crippen LogP contribution in [-0.2, 0) is 25.6 Å². The van der Waals surface area contributed by atoms with Crippen LogP contribution in [0.25, 0.3) is 0 Å². The normalized spacial score (nSPS) is 22.1. The first kappa shape index (κ1) is 24.3. The maximum atomic E-state index is 6.30. The first-order valence-corrected chi connectivity index (χ1v) is 11.2. The summed E-state index contributed by atoms with van der Waals surface area (Å²) in [4.78, 5) is 0. The number of rotatable bonds is 16. The van der Waals surface area contributed by atoms with E-state index in [4.69, 9.17) is 30.4 Å². The lowest BCUT2D eigenvalue weighted by Gasteiger charge is -2.37. The molecule has 1 aliphatic rings. The summed E-state index contributed by atoms with van der Waals surface area (Å²) in [5.74, 6) is 0. The average Bonchev–Trinajstić information content (AvgIpc) is 2.76. The maximum Gasteiger partial charge on any atom is 0.113 e. The van der Waals surface area contributed by atoms with Crippen LogP contribution in [0.5, 0.6) is 0 Å². The van der Waals surface area contributed by atoms with Crippen LogP contribution in [0.2, 0.25) is 0 Å². The summed E-state index contributed by atoms with van der Waals surface area (Å²) in [6, 6.07) is 10.2. The number of hydrogen-bond acceptors (Lipinski definition) is 6. The van der Waals surface area contributed by atoms with Gasteiger partial charge in [0.05, 0.1) is 19.3 Å². The van der Waals surface area contributed by atoms with Crippen molar-refractivity contribution in [3.05, 3.63) is 35.9 Å². The van der Waals surface area contributed by atoms with Gasteiger partial charge in [-0.1, -0.05) is 30.3 Å². The molecule has 0 radical (unpaired) electrons. The van der Waals surface area contributed by atoms with Gasteiger partial charge in [0.1, 0.15) is 12.2 Å². The minimum Gasteiger partial charge on any atom is -0.379 e. The van der Waals surface area contributed by atoms with Gasteiger partial charge in [0, 0.05) is 19.8 Å². The van der Waals surface area contributed by atoms with Crippen molar-refractivity contribution in [1.29, 1.82) is 0 Å². The van der Waals surface area contributed by atoms with Crippen LogP contribution in [0, 0.1) is 0 Å². The van der Waals surface area contributed by atoms with Crippen molar-refractivity contribution < 1.29 is 18.9 Å². The van der Waals surface area contributed by atoms with E-state index in [0.717, 1.165) is 76.8 Å². The molecule has 0 aromatic heterocycles. The fraction of sp³-hybridized carbons (Fsp3) is 0.739. The van der Waals surface area contributed by atoms with Gasteiger partial charge in [0.25, 0.3) is 0 Å². The Morgan fingerprint density at radius 1 is 0.862 bits per heavy atom. The zero-order valence-corrected chi connectivity index (χ0v) is 17.8. The quantitative estimate of drug-likeness (QED) is 0.409. The molecule has 0 spiro atoms. The molecule has 0 aliphatic carbocycles. The molecule has 0 saturated carbocycles. The van der Waals surface area contributed by atoms with Crippen molar-refractivity contribution in [2.24, 2.45) is 11.5 Å². The SMILES string of the molecule is NCCCCCOC[C@H]1OCC[C@@H](OCCCCCN)[C@@H]1OCc1ccccc1. The summed E-state index contributed by atoms with van der Waals surface area (Å²) >= 11 is 0. The molecule has 1 aromatic carbocycles. The molecule has 1 aliphatic heterocycles. The van der Waals surface area contributed by atoms with Gasteiger partial charge in [-0.3, -0.25) is 0 Å². The molecule has 1 saturated heterocycles. The lowest BCUT2D eigenvalue weighted by molar-refractivity contribution is -0.194. The summed E-state index contributed by atoms with van der Waals surface area (Å²) in [5, 5.41) is 0. The Labute approximate surface area is 176 Å². The molecule has 0 amide bonds. The fourth-order valence-corrected chi connectivity index (χ4v) is 3.52. The van der Waals surface area contributed by atoms with Crippen molar-refractivity contribution >= 4 is 0 Å². The van der Waals surface area contributed by atoms with E-state index in [1.165, 1.54) is 0 Å². The van der Waals surface area contributed by atoms with Crippen molar-refractivity contribution in [2.75, 3.05) is 39.5 Å². The van der Waals surface area contributed by atoms with Crippen molar-refractivity contribution in [2.45, 2.75) is 69.9 Å². The zero-order valence-electron chi connectivity index (χ0n) is 17.8. The third-order valence-corrected chi connectivity index (χ3v) is 5.21. The number of unbranched alkanes of at least 4 members (excludes halogenated alkanes) is 4. The predicted octanol–water partition coefficient (Wildman–Crippen LogP) is 3.02. The highest BCUT2D eigenvalue weighted by molar-refractivity contribution is 5.13. The van der Waals surface area contributed by atoms with Crippen molar-refractivity contribution in [3.63, 3.8) is 0 Å². The second-order valence-corrected chi connectivity index (χ2v) is 7.64. The topological polar surface area (TPSA) is 89.0 Å². The molecular formula is C23H40N2O4. The zero-order chi connectivity index (χ0) is 20.6. The second kappa shape index (κ2) is 15.8. The Bertz CT molecular complexity index is 503. The van der Waals surface area contributed by atoms with Gasteiger partial charge in [0.15, 0.2) is 0 Å². The highest BCUT2D eigenvalue weighted by atomic mass is 16.6. The van der Waals surface area contributed by atoms with Gasteiger partial charge < -0.3 is 30.4 Å². The molecule has 2 rings (SSSR count). The molecule has 3 atom stereocenters. The van der Waals surface area contributed by atoms with E-state index in [1.54, 1.807) is 0 Å². The molecule has 1 heterocycles. The molecule has 0 bridgehead atoms. The van der Waals surface area contributed by atoms with Crippen molar-refractivity contribution in [3.8, 4) is 0 Å². The predicted molar refractivity (Wildman–Crippen MR) is 116 cm³/mol. The fourth-order valence-electron chi connectivity index (χ4n) is 3.52. The monoisotopic (exact) mass is 408 g/mol. The largest absolute Gasteiger partial charge is 0.379 e. The first-order valence-electron chi connectivity index (χ1n) is 11.2. The van der Waals surface area contributed by atoms with Crippen LogP contribution in [0.1, 0.15) is 50.5 Å². The summed E-state index contributed by atoms with van der Waals surface area (Å²) < 4.78 is 24.4. The van der Waals surface area contributed by atoms with E-state index >= 15 is 0 Å². The van der Waals surface area contributed by atoms with Crippen LogP contribution in [0.3, 0.4) is 0 Å². The van der Waals surface area contributed by atoms with Gasteiger partial charge in [-0.2, -0.15) is 0 Å². The number of benzene rings is 1. The molecular weight excluding hydrogens is 368 g/mol. The minimum atomic E-state index is -0.123. The molecule has 1 aromatic rings. The van der Waals surface area contributed by atoms with Crippen LogP contribution in [0.4, 0.5) is 0 Å². The average molecular weight is 409 g/mol. The van der Waals surface area contributed by atoms with Crippen LogP contribution in [0.15, 0.2) is 30.3 Å². The maximum absolute atomic E-state index is 6.30. The van der Waals surface area contributed by atoms with E-state index in [2.05, 4.69) is 12.1 Å². The highest BCUT2D eigenvalue weighted by Crippen LogP contribution is 2.23. The Morgan fingerprint density at radius 3 is 2.31 bits per heavy atom. The lowest BCUT2D eigenvalue weighted by Crippen LogP contribution is -2.49.